The summed E-state index contributed by atoms with van der Waals surface area (Å²) in [7, 11) is -1.33. The predicted molar refractivity (Wildman–Crippen MR) is 84.7 cm³/mol. The number of hydrogen-bond donors (Lipinski definition) is 0. The van der Waals surface area contributed by atoms with Gasteiger partial charge in [-0.3, -0.25) is 9.78 Å². The van der Waals surface area contributed by atoms with Crippen molar-refractivity contribution >= 4 is 15.9 Å². The Morgan fingerprint density at radius 1 is 1.32 bits per heavy atom. The number of aromatic nitrogens is 1. The number of amides is 1. The molecule has 6 nitrogen and oxygen atoms in total. The fraction of sp³-hybridized carbons (Fsp3) is 0.600. The van der Waals surface area contributed by atoms with E-state index < -0.39 is 10.0 Å². The normalized spacial score (nSPS) is 17.4. The highest BCUT2D eigenvalue weighted by Gasteiger charge is 2.30. The molecule has 0 atom stereocenters. The van der Waals surface area contributed by atoms with Gasteiger partial charge in [0.25, 0.3) is 0 Å². The minimum atomic E-state index is -3.14. The molecule has 1 saturated heterocycles. The molecule has 2 heterocycles. The van der Waals surface area contributed by atoms with Crippen LogP contribution < -0.4 is 0 Å². The van der Waals surface area contributed by atoms with E-state index in [1.165, 1.54) is 10.6 Å². The van der Waals surface area contributed by atoms with Gasteiger partial charge >= 0.3 is 0 Å². The van der Waals surface area contributed by atoms with Crippen LogP contribution in [0.2, 0.25) is 0 Å². The average Bonchev–Trinajstić information content (AvgIpc) is 2.52. The summed E-state index contributed by atoms with van der Waals surface area (Å²) >= 11 is 0. The van der Waals surface area contributed by atoms with Crippen LogP contribution in [-0.4, -0.2) is 61.5 Å². The lowest BCUT2D eigenvalue weighted by atomic mass is 9.96. The van der Waals surface area contributed by atoms with Gasteiger partial charge in [-0.05, 0) is 37.0 Å². The van der Waals surface area contributed by atoms with Crippen molar-refractivity contribution in [2.75, 3.05) is 32.9 Å². The van der Waals surface area contributed by atoms with E-state index >= 15 is 0 Å². The van der Waals surface area contributed by atoms with Crippen LogP contribution in [0.1, 0.15) is 18.4 Å². The summed E-state index contributed by atoms with van der Waals surface area (Å²) in [6, 6.07) is 3.89. The van der Waals surface area contributed by atoms with Crippen LogP contribution in [0.3, 0.4) is 0 Å². The van der Waals surface area contributed by atoms with Crippen LogP contribution in [0, 0.1) is 5.92 Å². The summed E-state index contributed by atoms with van der Waals surface area (Å²) in [6.45, 7) is 1.54. The number of rotatable bonds is 5. The van der Waals surface area contributed by atoms with E-state index in [9.17, 15) is 13.2 Å². The maximum Gasteiger partial charge on any atom is 0.225 e. The molecular formula is C15H23N3O3S. The maximum absolute atomic E-state index is 12.4. The number of piperidine rings is 1. The summed E-state index contributed by atoms with van der Waals surface area (Å²) in [4.78, 5) is 18.1. The zero-order valence-corrected chi connectivity index (χ0v) is 13.9. The van der Waals surface area contributed by atoms with Gasteiger partial charge < -0.3 is 4.90 Å². The van der Waals surface area contributed by atoms with E-state index in [4.69, 9.17) is 0 Å². The molecule has 1 amide bonds. The Bertz CT molecular complexity index is 596. The molecule has 122 valence electrons. The largest absolute Gasteiger partial charge is 0.345 e. The van der Waals surface area contributed by atoms with Crippen molar-refractivity contribution in [2.24, 2.45) is 5.92 Å². The van der Waals surface area contributed by atoms with Crippen LogP contribution in [0.15, 0.2) is 24.5 Å². The molecule has 0 bridgehead atoms. The topological polar surface area (TPSA) is 70.6 Å². The van der Waals surface area contributed by atoms with E-state index in [-0.39, 0.29) is 11.8 Å². The molecule has 1 fully saturated rings. The molecule has 1 aromatic rings. The summed E-state index contributed by atoms with van der Waals surface area (Å²) in [5.74, 6) is 0.0441. The van der Waals surface area contributed by atoms with Gasteiger partial charge in [-0.2, -0.15) is 0 Å². The van der Waals surface area contributed by atoms with E-state index in [0.717, 1.165) is 12.0 Å². The lowest BCUT2D eigenvalue weighted by Gasteiger charge is -2.31. The minimum Gasteiger partial charge on any atom is -0.345 e. The molecule has 1 aliphatic rings. The molecule has 0 N–H and O–H groups in total. The quantitative estimate of drug-likeness (QED) is 0.801. The number of pyridine rings is 1. The summed E-state index contributed by atoms with van der Waals surface area (Å²) in [6.07, 6.45) is 6.72. The Hall–Kier alpha value is -1.47. The molecular weight excluding hydrogens is 302 g/mol. The van der Waals surface area contributed by atoms with Gasteiger partial charge in [0, 0.05) is 45.0 Å². The zero-order chi connectivity index (χ0) is 16.2. The second-order valence-corrected chi connectivity index (χ2v) is 7.78. The van der Waals surface area contributed by atoms with Crippen molar-refractivity contribution in [3.05, 3.63) is 30.1 Å². The van der Waals surface area contributed by atoms with Crippen LogP contribution >= 0.6 is 0 Å². The molecule has 1 aliphatic heterocycles. The summed E-state index contributed by atoms with van der Waals surface area (Å²) in [5.41, 5.74) is 1.15. The van der Waals surface area contributed by atoms with Gasteiger partial charge in [-0.15, -0.1) is 0 Å². The van der Waals surface area contributed by atoms with Crippen molar-refractivity contribution in [3.8, 4) is 0 Å². The lowest BCUT2D eigenvalue weighted by molar-refractivity contribution is -0.135. The second-order valence-electron chi connectivity index (χ2n) is 5.80. The average molecular weight is 325 g/mol. The number of hydrogen-bond acceptors (Lipinski definition) is 4. The summed E-state index contributed by atoms with van der Waals surface area (Å²) < 4.78 is 24.4. The van der Waals surface area contributed by atoms with E-state index in [1.807, 2.05) is 19.2 Å². The molecule has 0 saturated carbocycles. The first-order chi connectivity index (χ1) is 10.4. The predicted octanol–water partition coefficient (Wildman–Crippen LogP) is 0.754. The van der Waals surface area contributed by atoms with Crippen molar-refractivity contribution in [1.29, 1.82) is 0 Å². The smallest absolute Gasteiger partial charge is 0.225 e. The highest BCUT2D eigenvalue weighted by Crippen LogP contribution is 2.21. The van der Waals surface area contributed by atoms with E-state index in [1.54, 1.807) is 17.3 Å². The van der Waals surface area contributed by atoms with Gasteiger partial charge in [0.2, 0.25) is 15.9 Å². The number of carbonyl (C=O) groups is 1. The molecule has 2 rings (SSSR count). The fourth-order valence-corrected chi connectivity index (χ4v) is 3.58. The molecule has 0 unspecified atom stereocenters. The van der Waals surface area contributed by atoms with Crippen molar-refractivity contribution in [3.63, 3.8) is 0 Å². The van der Waals surface area contributed by atoms with Gasteiger partial charge in [-0.1, -0.05) is 0 Å². The third-order valence-corrected chi connectivity index (χ3v) is 5.44. The number of nitrogens with zero attached hydrogens (tertiary/aromatic N) is 3. The van der Waals surface area contributed by atoms with Crippen LogP contribution in [0.5, 0.6) is 0 Å². The molecule has 7 heteroatoms. The van der Waals surface area contributed by atoms with Gasteiger partial charge in [-0.25, -0.2) is 12.7 Å². The monoisotopic (exact) mass is 325 g/mol. The Morgan fingerprint density at radius 3 is 2.45 bits per heavy atom. The number of carbonyl (C=O) groups excluding carboxylic acids is 1. The first-order valence-electron chi connectivity index (χ1n) is 7.47. The third-order valence-electron chi connectivity index (χ3n) is 4.13. The van der Waals surface area contributed by atoms with Crippen molar-refractivity contribution in [2.45, 2.75) is 19.3 Å². The minimum absolute atomic E-state index is 0.0690. The second kappa shape index (κ2) is 7.19. The highest BCUT2D eigenvalue weighted by atomic mass is 32.2. The molecule has 0 radical (unpaired) electrons. The lowest BCUT2D eigenvalue weighted by Crippen LogP contribution is -2.43. The SMILES string of the molecule is CN(CCc1ccncc1)C(=O)C1CCN(S(C)(=O)=O)CC1. The molecule has 0 spiro atoms. The Balaban J connectivity index is 1.82. The van der Waals surface area contributed by atoms with Crippen LogP contribution in [0.4, 0.5) is 0 Å². The molecule has 1 aromatic heterocycles. The van der Waals surface area contributed by atoms with E-state index in [0.29, 0.717) is 32.5 Å². The Morgan fingerprint density at radius 2 is 1.91 bits per heavy atom. The summed E-state index contributed by atoms with van der Waals surface area (Å²) in [5, 5.41) is 0. The standard InChI is InChI=1S/C15H23N3O3S/c1-17(10-5-13-3-8-16-9-4-13)15(19)14-6-11-18(12-7-14)22(2,20)21/h3-4,8-9,14H,5-7,10-12H2,1-2H3. The Kier molecular flexibility index (Phi) is 5.52. The maximum atomic E-state index is 12.4. The van der Waals surface area contributed by atoms with Gasteiger partial charge in [0.1, 0.15) is 0 Å². The molecule has 0 aromatic carbocycles. The van der Waals surface area contributed by atoms with E-state index in [2.05, 4.69) is 4.98 Å². The van der Waals surface area contributed by atoms with Crippen LogP contribution in [-0.2, 0) is 21.2 Å². The third kappa shape index (κ3) is 4.51. The van der Waals surface area contributed by atoms with Gasteiger partial charge in [0.15, 0.2) is 0 Å². The zero-order valence-electron chi connectivity index (χ0n) is 13.1. The number of sulfonamides is 1. The number of likely N-dealkylation sites (N-methyl/N-ethyl adjacent to an activating group) is 1. The molecule has 0 aliphatic carbocycles. The molecule has 22 heavy (non-hydrogen) atoms. The first kappa shape index (κ1) is 16.9. The van der Waals surface area contributed by atoms with Crippen LogP contribution in [0.25, 0.3) is 0 Å². The highest BCUT2D eigenvalue weighted by molar-refractivity contribution is 7.88. The van der Waals surface area contributed by atoms with Gasteiger partial charge in [0.05, 0.1) is 6.26 Å². The van der Waals surface area contributed by atoms with Crippen molar-refractivity contribution < 1.29 is 13.2 Å². The first-order valence-corrected chi connectivity index (χ1v) is 9.32. The van der Waals surface area contributed by atoms with Crippen molar-refractivity contribution in [1.82, 2.24) is 14.2 Å². The fourth-order valence-electron chi connectivity index (χ4n) is 2.70. The Labute approximate surface area is 132 Å².